The van der Waals surface area contributed by atoms with Gasteiger partial charge < -0.3 is 5.73 Å². The summed E-state index contributed by atoms with van der Waals surface area (Å²) in [7, 11) is 0. The van der Waals surface area contributed by atoms with Gasteiger partial charge in [0.25, 0.3) is 0 Å². The maximum absolute atomic E-state index is 5.79. The molecule has 1 unspecified atom stereocenters. The van der Waals surface area contributed by atoms with Crippen molar-refractivity contribution in [1.29, 1.82) is 0 Å². The lowest BCUT2D eigenvalue weighted by molar-refractivity contribution is 0.715. The fraction of sp³-hybridized carbons (Fsp3) is 0.286. The minimum absolute atomic E-state index is 0.124. The Bertz CT molecular complexity index is 546. The number of aromatic nitrogens is 2. The van der Waals surface area contributed by atoms with Gasteiger partial charge in [0, 0.05) is 33.7 Å². The lowest BCUT2D eigenvalue weighted by Gasteiger charge is -2.06. The average Bonchev–Trinajstić information content (AvgIpc) is 2.37. The van der Waals surface area contributed by atoms with Crippen molar-refractivity contribution in [3.8, 4) is 0 Å². The van der Waals surface area contributed by atoms with Crippen molar-refractivity contribution in [2.75, 3.05) is 0 Å². The number of hydrogen-bond acceptors (Lipinski definition) is 4. The second kappa shape index (κ2) is 7.03. The molecule has 1 atom stereocenters. The summed E-state index contributed by atoms with van der Waals surface area (Å²) in [6.07, 6.45) is 2.59. The van der Waals surface area contributed by atoms with Crippen molar-refractivity contribution < 1.29 is 0 Å². The smallest absolute Gasteiger partial charge is 0.138 e. The van der Waals surface area contributed by atoms with Crippen LogP contribution in [0.4, 0.5) is 0 Å². The van der Waals surface area contributed by atoms with Crippen molar-refractivity contribution in [1.82, 2.24) is 9.97 Å². The van der Waals surface area contributed by atoms with Crippen LogP contribution in [-0.4, -0.2) is 16.0 Å². The number of nitrogens with two attached hydrogens (primary N) is 1. The molecule has 5 heteroatoms. The number of hydrogen-bond donors (Lipinski definition) is 1. The Kier molecular flexibility index (Phi) is 5.36. The van der Waals surface area contributed by atoms with Crippen LogP contribution in [0, 0.1) is 0 Å². The predicted molar refractivity (Wildman–Crippen MR) is 83.1 cm³/mol. The minimum Gasteiger partial charge on any atom is -0.328 e. The Labute approximate surface area is 126 Å². The number of halogens is 1. The second-order valence-corrected chi connectivity index (χ2v) is 6.24. The van der Waals surface area contributed by atoms with Crippen molar-refractivity contribution in [2.24, 2.45) is 5.73 Å². The van der Waals surface area contributed by atoms with Crippen molar-refractivity contribution in [2.45, 2.75) is 30.0 Å². The van der Waals surface area contributed by atoms with Gasteiger partial charge in [-0.1, -0.05) is 12.1 Å². The molecule has 0 spiro atoms. The fourth-order valence-corrected chi connectivity index (χ4v) is 3.09. The van der Waals surface area contributed by atoms with E-state index in [0.29, 0.717) is 0 Å². The molecule has 0 aliphatic heterocycles. The number of rotatable bonds is 5. The molecule has 19 heavy (non-hydrogen) atoms. The van der Waals surface area contributed by atoms with E-state index in [9.17, 15) is 0 Å². The summed E-state index contributed by atoms with van der Waals surface area (Å²) in [5, 5.41) is 0. The first kappa shape index (κ1) is 14.5. The third kappa shape index (κ3) is 4.60. The third-order valence-corrected chi connectivity index (χ3v) is 4.51. The molecule has 0 aliphatic carbocycles. The summed E-state index contributed by atoms with van der Waals surface area (Å²) >= 11 is 5.26. The van der Waals surface area contributed by atoms with Gasteiger partial charge in [0.15, 0.2) is 0 Å². The molecule has 0 aliphatic rings. The van der Waals surface area contributed by atoms with Gasteiger partial charge in [-0.05, 0) is 41.1 Å². The number of nitrogens with zero attached hydrogens (tertiary/aromatic N) is 2. The van der Waals surface area contributed by atoms with Gasteiger partial charge in [-0.15, -0.1) is 11.8 Å². The first-order chi connectivity index (χ1) is 9.15. The van der Waals surface area contributed by atoms with Gasteiger partial charge in [0.1, 0.15) is 5.82 Å². The first-order valence-electron chi connectivity index (χ1n) is 6.09. The first-order valence-corrected chi connectivity index (χ1v) is 7.86. The Balaban J connectivity index is 2.02. The average molecular weight is 338 g/mol. The quantitative estimate of drug-likeness (QED) is 0.849. The van der Waals surface area contributed by atoms with Gasteiger partial charge in [-0.2, -0.15) is 0 Å². The van der Waals surface area contributed by atoms with E-state index in [1.165, 1.54) is 4.90 Å². The molecule has 0 fully saturated rings. The van der Waals surface area contributed by atoms with Gasteiger partial charge in [0.2, 0.25) is 0 Å². The van der Waals surface area contributed by atoms with E-state index in [0.717, 1.165) is 28.2 Å². The Morgan fingerprint density at radius 1 is 1.32 bits per heavy atom. The third-order valence-electron chi connectivity index (χ3n) is 2.49. The summed E-state index contributed by atoms with van der Waals surface area (Å²) in [6.45, 7) is 1.98. The lowest BCUT2D eigenvalue weighted by Crippen LogP contribution is -2.18. The zero-order valence-corrected chi connectivity index (χ0v) is 13.1. The molecule has 2 aromatic rings. The summed E-state index contributed by atoms with van der Waals surface area (Å²) in [5.74, 6) is 1.61. The van der Waals surface area contributed by atoms with Crippen LogP contribution in [0.15, 0.2) is 45.9 Å². The Morgan fingerprint density at radius 3 is 2.84 bits per heavy atom. The standard InChI is InChI=1S/C14H16BrN3S/c1-10(16)8-11-6-7-17-14(18-11)9-19-13-5-3-2-4-12(13)15/h2-7,10H,8-9,16H2,1H3. The molecule has 0 saturated heterocycles. The monoisotopic (exact) mass is 337 g/mol. The molecule has 1 heterocycles. The van der Waals surface area contributed by atoms with Crippen LogP contribution in [0.3, 0.4) is 0 Å². The lowest BCUT2D eigenvalue weighted by atomic mass is 10.2. The van der Waals surface area contributed by atoms with Gasteiger partial charge >= 0.3 is 0 Å². The molecule has 100 valence electrons. The molecular formula is C14H16BrN3S. The highest BCUT2D eigenvalue weighted by molar-refractivity contribution is 9.10. The van der Waals surface area contributed by atoms with Crippen molar-refractivity contribution >= 4 is 27.7 Å². The number of benzene rings is 1. The predicted octanol–water partition coefficient (Wildman–Crippen LogP) is 3.42. The van der Waals surface area contributed by atoms with Crippen LogP contribution >= 0.6 is 27.7 Å². The molecule has 3 nitrogen and oxygen atoms in total. The molecule has 2 rings (SSSR count). The van der Waals surface area contributed by atoms with Crippen LogP contribution in [0.1, 0.15) is 18.4 Å². The zero-order valence-electron chi connectivity index (χ0n) is 10.7. The molecule has 0 amide bonds. The van der Waals surface area contributed by atoms with E-state index in [1.807, 2.05) is 31.2 Å². The zero-order chi connectivity index (χ0) is 13.7. The van der Waals surface area contributed by atoms with Crippen LogP contribution in [-0.2, 0) is 12.2 Å². The normalized spacial score (nSPS) is 12.4. The summed E-state index contributed by atoms with van der Waals surface area (Å²) in [6, 6.07) is 10.2. The number of thioether (sulfide) groups is 1. The van der Waals surface area contributed by atoms with E-state index in [2.05, 4.69) is 32.0 Å². The van der Waals surface area contributed by atoms with E-state index >= 15 is 0 Å². The van der Waals surface area contributed by atoms with Crippen LogP contribution in [0.5, 0.6) is 0 Å². The highest BCUT2D eigenvalue weighted by Crippen LogP contribution is 2.28. The van der Waals surface area contributed by atoms with Crippen molar-refractivity contribution in [3.05, 3.63) is 52.5 Å². The van der Waals surface area contributed by atoms with E-state index in [1.54, 1.807) is 18.0 Å². The van der Waals surface area contributed by atoms with Crippen LogP contribution < -0.4 is 5.73 Å². The highest BCUT2D eigenvalue weighted by atomic mass is 79.9. The van der Waals surface area contributed by atoms with Crippen LogP contribution in [0.25, 0.3) is 0 Å². The molecule has 0 radical (unpaired) electrons. The van der Waals surface area contributed by atoms with Gasteiger partial charge in [-0.25, -0.2) is 9.97 Å². The molecule has 2 N–H and O–H groups in total. The largest absolute Gasteiger partial charge is 0.328 e. The van der Waals surface area contributed by atoms with Crippen LogP contribution in [0.2, 0.25) is 0 Å². The van der Waals surface area contributed by atoms with Gasteiger partial charge in [0.05, 0.1) is 5.75 Å². The van der Waals surface area contributed by atoms with Crippen molar-refractivity contribution in [3.63, 3.8) is 0 Å². The second-order valence-electron chi connectivity index (χ2n) is 4.36. The fourth-order valence-electron chi connectivity index (χ4n) is 1.66. The summed E-state index contributed by atoms with van der Waals surface area (Å²) in [5.41, 5.74) is 6.79. The molecule has 1 aromatic heterocycles. The maximum atomic E-state index is 5.79. The Morgan fingerprint density at radius 2 is 2.11 bits per heavy atom. The SMILES string of the molecule is CC(N)Cc1ccnc(CSc2ccccc2Br)n1. The molecule has 0 saturated carbocycles. The highest BCUT2D eigenvalue weighted by Gasteiger charge is 2.04. The molecule has 1 aromatic carbocycles. The van der Waals surface area contributed by atoms with E-state index in [4.69, 9.17) is 5.73 Å². The Hall–Kier alpha value is -0.910. The van der Waals surface area contributed by atoms with Gasteiger partial charge in [-0.3, -0.25) is 0 Å². The topological polar surface area (TPSA) is 51.8 Å². The van der Waals surface area contributed by atoms with E-state index in [-0.39, 0.29) is 6.04 Å². The minimum atomic E-state index is 0.124. The molecule has 0 bridgehead atoms. The van der Waals surface area contributed by atoms with E-state index < -0.39 is 0 Å². The molecular weight excluding hydrogens is 322 g/mol. The summed E-state index contributed by atoms with van der Waals surface area (Å²) in [4.78, 5) is 10.0. The maximum Gasteiger partial charge on any atom is 0.138 e. The summed E-state index contributed by atoms with van der Waals surface area (Å²) < 4.78 is 1.10.